The van der Waals surface area contributed by atoms with Crippen molar-refractivity contribution in [2.75, 3.05) is 0 Å². The Balaban J connectivity index is 0.00000147. The predicted octanol–water partition coefficient (Wildman–Crippen LogP) is 3.90. The quantitative estimate of drug-likeness (QED) is 0.642. The van der Waals surface area contributed by atoms with Crippen LogP contribution in [0.25, 0.3) is 0 Å². The molecule has 0 atom stereocenters. The maximum atomic E-state index is 2.23. The number of benzene rings is 3. The molecule has 0 saturated carbocycles. The average molecular weight is 322 g/mol. The summed E-state index contributed by atoms with van der Waals surface area (Å²) >= 11 is 0. The Bertz CT molecular complexity index is 536. The largest absolute Gasteiger partial charge is 0.269 e. The van der Waals surface area contributed by atoms with Crippen LogP contribution in [0.5, 0.6) is 0 Å². The third-order valence-electron chi connectivity index (χ3n) is 3.04. The summed E-state index contributed by atoms with van der Waals surface area (Å²) in [5.74, 6) is 0. The number of hydrogen-bond acceptors (Lipinski definition) is 0. The second kappa shape index (κ2) is 9.75. The van der Waals surface area contributed by atoms with E-state index in [0.29, 0.717) is 0 Å². The normalized spacial score (nSPS) is 9.14. The van der Waals surface area contributed by atoms with Gasteiger partial charge in [0.1, 0.15) is 0 Å². The summed E-state index contributed by atoms with van der Waals surface area (Å²) in [5, 5.41) is 4.19. The molecule has 0 spiro atoms. The van der Waals surface area contributed by atoms with Crippen LogP contribution in [0.4, 0.5) is 14.1 Å². The summed E-state index contributed by atoms with van der Waals surface area (Å²) in [5.41, 5.74) is 0. The van der Waals surface area contributed by atoms with E-state index in [1.54, 1.807) is 0 Å². The molecule has 3 rings (SSSR count). The highest BCUT2D eigenvalue weighted by Crippen LogP contribution is 2.32. The standard InChI is InChI=1S/C18H15P.3FH/c1-4-10-16(11-5-1)19(17-12-6-2-7-13-17)18-14-8-3-9-15-18;;;/h1-15H;3*1H. The molecule has 0 bridgehead atoms. The van der Waals surface area contributed by atoms with Crippen LogP contribution in [-0.2, 0) is 0 Å². The van der Waals surface area contributed by atoms with E-state index in [4.69, 9.17) is 0 Å². The molecule has 0 amide bonds. The van der Waals surface area contributed by atoms with Gasteiger partial charge < -0.3 is 0 Å². The molecule has 22 heavy (non-hydrogen) atoms. The first-order valence-electron chi connectivity index (χ1n) is 6.40. The van der Waals surface area contributed by atoms with Crippen LogP contribution in [0.15, 0.2) is 91.0 Å². The van der Waals surface area contributed by atoms with Crippen LogP contribution in [0, 0.1) is 0 Å². The zero-order valence-electron chi connectivity index (χ0n) is 11.8. The average Bonchev–Trinajstić information content (AvgIpc) is 2.51. The Labute approximate surface area is 129 Å². The molecular weight excluding hydrogens is 304 g/mol. The van der Waals surface area contributed by atoms with Crippen LogP contribution in [0.1, 0.15) is 0 Å². The maximum absolute atomic E-state index is 2.23. The zero-order chi connectivity index (χ0) is 12.9. The molecule has 116 valence electrons. The van der Waals surface area contributed by atoms with E-state index < -0.39 is 7.92 Å². The van der Waals surface area contributed by atoms with Gasteiger partial charge in [-0.15, -0.1) is 0 Å². The lowest BCUT2D eigenvalue weighted by Gasteiger charge is -2.18. The lowest BCUT2D eigenvalue weighted by molar-refractivity contribution is 1.11. The van der Waals surface area contributed by atoms with Gasteiger partial charge in [0.2, 0.25) is 0 Å². The van der Waals surface area contributed by atoms with E-state index >= 15 is 0 Å². The first kappa shape index (κ1) is 19.9. The minimum absolute atomic E-state index is 0. The number of rotatable bonds is 3. The van der Waals surface area contributed by atoms with Crippen LogP contribution in [0.3, 0.4) is 0 Å². The fourth-order valence-corrected chi connectivity index (χ4v) is 4.48. The van der Waals surface area contributed by atoms with Gasteiger partial charge >= 0.3 is 0 Å². The first-order chi connectivity index (χ1) is 9.45. The van der Waals surface area contributed by atoms with Gasteiger partial charge in [-0.3, -0.25) is 14.1 Å². The predicted molar refractivity (Wildman–Crippen MR) is 92.7 cm³/mol. The molecule has 3 aromatic rings. The molecule has 0 aliphatic rings. The van der Waals surface area contributed by atoms with Crippen molar-refractivity contribution in [3.8, 4) is 0 Å². The topological polar surface area (TPSA) is 0 Å². The molecule has 0 fully saturated rings. The summed E-state index contributed by atoms with van der Waals surface area (Å²) in [6.07, 6.45) is 0. The highest BCUT2D eigenvalue weighted by molar-refractivity contribution is 7.79. The van der Waals surface area contributed by atoms with Gasteiger partial charge in [0.15, 0.2) is 0 Å². The van der Waals surface area contributed by atoms with Gasteiger partial charge in [-0.1, -0.05) is 91.0 Å². The third-order valence-corrected chi connectivity index (χ3v) is 5.49. The van der Waals surface area contributed by atoms with E-state index in [1.165, 1.54) is 15.9 Å². The van der Waals surface area contributed by atoms with Gasteiger partial charge in [-0.05, 0) is 23.8 Å². The third kappa shape index (κ3) is 4.44. The van der Waals surface area contributed by atoms with Gasteiger partial charge in [0, 0.05) is 0 Å². The second-order valence-electron chi connectivity index (χ2n) is 4.34. The molecule has 0 unspecified atom stereocenters. The molecule has 0 nitrogen and oxygen atoms in total. The van der Waals surface area contributed by atoms with Gasteiger partial charge in [0.05, 0.1) is 0 Å². The summed E-state index contributed by atoms with van der Waals surface area (Å²) in [4.78, 5) is 0. The van der Waals surface area contributed by atoms with Gasteiger partial charge in [-0.25, -0.2) is 0 Å². The molecule has 0 aromatic heterocycles. The van der Waals surface area contributed by atoms with Crippen molar-refractivity contribution in [1.82, 2.24) is 0 Å². The van der Waals surface area contributed by atoms with E-state index in [2.05, 4.69) is 91.0 Å². The lowest BCUT2D eigenvalue weighted by Crippen LogP contribution is -2.20. The van der Waals surface area contributed by atoms with Gasteiger partial charge in [0.25, 0.3) is 0 Å². The van der Waals surface area contributed by atoms with Crippen molar-refractivity contribution < 1.29 is 14.1 Å². The summed E-state index contributed by atoms with van der Waals surface area (Å²) in [7, 11) is -0.446. The molecule has 3 aromatic carbocycles. The van der Waals surface area contributed by atoms with E-state index in [1.807, 2.05) is 0 Å². The van der Waals surface area contributed by atoms with E-state index in [-0.39, 0.29) is 14.1 Å². The molecular formula is C18H18F3P. The minimum Gasteiger partial charge on any atom is -0.269 e. The Hall–Kier alpha value is -2.12. The van der Waals surface area contributed by atoms with Crippen molar-refractivity contribution >= 4 is 23.8 Å². The molecule has 0 N–H and O–H groups in total. The van der Waals surface area contributed by atoms with Crippen LogP contribution in [-0.4, -0.2) is 0 Å². The van der Waals surface area contributed by atoms with Crippen molar-refractivity contribution in [2.45, 2.75) is 0 Å². The van der Waals surface area contributed by atoms with E-state index in [9.17, 15) is 0 Å². The minimum atomic E-state index is -0.446. The van der Waals surface area contributed by atoms with Crippen molar-refractivity contribution in [1.29, 1.82) is 0 Å². The van der Waals surface area contributed by atoms with Crippen LogP contribution in [0.2, 0.25) is 0 Å². The summed E-state index contributed by atoms with van der Waals surface area (Å²) in [6.45, 7) is 0. The smallest absolute Gasteiger partial charge is 0.0134 e. The van der Waals surface area contributed by atoms with Crippen molar-refractivity contribution in [3.63, 3.8) is 0 Å². The molecule has 0 aliphatic carbocycles. The van der Waals surface area contributed by atoms with Crippen LogP contribution >= 0.6 is 7.92 Å². The number of halogens is 3. The Morgan fingerprint density at radius 3 is 0.818 bits per heavy atom. The molecule has 0 saturated heterocycles. The van der Waals surface area contributed by atoms with Crippen LogP contribution < -0.4 is 15.9 Å². The fourth-order valence-electron chi connectivity index (χ4n) is 2.18. The van der Waals surface area contributed by atoms with Crippen molar-refractivity contribution in [2.24, 2.45) is 0 Å². The summed E-state index contributed by atoms with van der Waals surface area (Å²) < 4.78 is 0. The highest BCUT2D eigenvalue weighted by Gasteiger charge is 2.14. The second-order valence-corrected chi connectivity index (χ2v) is 6.56. The fraction of sp³-hybridized carbons (Fsp3) is 0. The Kier molecular flexibility index (Phi) is 8.81. The molecule has 4 heteroatoms. The lowest BCUT2D eigenvalue weighted by atomic mass is 10.4. The Morgan fingerprint density at radius 1 is 0.364 bits per heavy atom. The first-order valence-corrected chi connectivity index (χ1v) is 7.74. The highest BCUT2D eigenvalue weighted by atomic mass is 31.1. The van der Waals surface area contributed by atoms with E-state index in [0.717, 1.165) is 0 Å². The molecule has 0 radical (unpaired) electrons. The SMILES string of the molecule is F.F.F.c1ccc(P(c2ccccc2)c2ccccc2)cc1. The van der Waals surface area contributed by atoms with Gasteiger partial charge in [-0.2, -0.15) is 0 Å². The zero-order valence-corrected chi connectivity index (χ0v) is 12.7. The summed E-state index contributed by atoms with van der Waals surface area (Å²) in [6, 6.07) is 32.3. The maximum Gasteiger partial charge on any atom is -0.0134 e. The number of hydrogen-bond donors (Lipinski definition) is 0. The molecule has 0 aliphatic heterocycles. The van der Waals surface area contributed by atoms with Crippen molar-refractivity contribution in [3.05, 3.63) is 91.0 Å². The Morgan fingerprint density at radius 2 is 0.591 bits per heavy atom. The molecule has 0 heterocycles. The monoisotopic (exact) mass is 322 g/mol.